The summed E-state index contributed by atoms with van der Waals surface area (Å²) in [6, 6.07) is 0. The first-order valence-corrected chi connectivity index (χ1v) is 9.84. The van der Waals surface area contributed by atoms with Crippen LogP contribution in [-0.4, -0.2) is 0 Å². The van der Waals surface area contributed by atoms with Crippen molar-refractivity contribution in [3.05, 3.63) is 12.2 Å². The van der Waals surface area contributed by atoms with Gasteiger partial charge in [-0.1, -0.05) is 81.4 Å². The van der Waals surface area contributed by atoms with Crippen LogP contribution < -0.4 is 0 Å². The molecule has 4 unspecified atom stereocenters. The number of hydrogen-bond acceptors (Lipinski definition) is 0. The summed E-state index contributed by atoms with van der Waals surface area (Å²) in [7, 11) is 0. The molecule has 0 nitrogen and oxygen atoms in total. The highest BCUT2D eigenvalue weighted by Gasteiger charge is 2.35. The first-order chi connectivity index (χ1) is 10.2. The van der Waals surface area contributed by atoms with Crippen LogP contribution in [0.5, 0.6) is 0 Å². The van der Waals surface area contributed by atoms with E-state index in [2.05, 4.69) is 82.7 Å². The summed E-state index contributed by atoms with van der Waals surface area (Å²) < 4.78 is 0. The molecule has 0 spiro atoms. The van der Waals surface area contributed by atoms with E-state index in [1.165, 1.54) is 31.3 Å². The predicted octanol–water partition coefficient (Wildman–Crippen LogP) is 8.13. The molecule has 0 fully saturated rings. The predicted molar refractivity (Wildman–Crippen MR) is 108 cm³/mol. The zero-order valence-corrected chi connectivity index (χ0v) is 18.3. The Balaban J connectivity index is 4.81. The molecular formula is C23H46. The highest BCUT2D eigenvalue weighted by atomic mass is 14.4. The van der Waals surface area contributed by atoms with Crippen LogP contribution in [0.25, 0.3) is 0 Å². The molecule has 4 atom stereocenters. The maximum Gasteiger partial charge on any atom is -0.00987 e. The Morgan fingerprint density at radius 3 is 1.70 bits per heavy atom. The van der Waals surface area contributed by atoms with Crippen molar-refractivity contribution in [1.82, 2.24) is 0 Å². The molecule has 0 saturated carbocycles. The van der Waals surface area contributed by atoms with Crippen molar-refractivity contribution in [3.8, 4) is 0 Å². The van der Waals surface area contributed by atoms with Crippen molar-refractivity contribution in [2.75, 3.05) is 0 Å². The molecule has 0 heteroatoms. The lowest BCUT2D eigenvalue weighted by atomic mass is 9.64. The van der Waals surface area contributed by atoms with E-state index in [4.69, 9.17) is 0 Å². The van der Waals surface area contributed by atoms with Gasteiger partial charge in [0.1, 0.15) is 0 Å². The lowest BCUT2D eigenvalue weighted by molar-refractivity contribution is 0.116. The zero-order valence-electron chi connectivity index (χ0n) is 18.3. The minimum Gasteiger partial charge on any atom is -0.0996 e. The molecule has 0 aliphatic rings. The molecule has 0 aromatic rings. The first kappa shape index (κ1) is 22.7. The summed E-state index contributed by atoms with van der Waals surface area (Å²) in [5, 5.41) is 0. The summed E-state index contributed by atoms with van der Waals surface area (Å²) in [5.74, 6) is 2.22. The van der Waals surface area contributed by atoms with Gasteiger partial charge in [-0.15, -0.1) is 0 Å². The summed E-state index contributed by atoms with van der Waals surface area (Å²) in [4.78, 5) is 0. The van der Waals surface area contributed by atoms with E-state index in [0.29, 0.717) is 16.7 Å². The smallest absolute Gasteiger partial charge is 0.00987 e. The van der Waals surface area contributed by atoms with E-state index < -0.39 is 0 Å². The van der Waals surface area contributed by atoms with Gasteiger partial charge in [0.05, 0.1) is 0 Å². The van der Waals surface area contributed by atoms with Crippen LogP contribution in [0, 0.1) is 34.0 Å². The molecule has 0 bridgehead atoms. The van der Waals surface area contributed by atoms with Gasteiger partial charge < -0.3 is 0 Å². The largest absolute Gasteiger partial charge is 0.0996 e. The Morgan fingerprint density at radius 1 is 0.870 bits per heavy atom. The molecule has 23 heavy (non-hydrogen) atoms. The maximum atomic E-state index is 4.28. The van der Waals surface area contributed by atoms with E-state index >= 15 is 0 Å². The van der Waals surface area contributed by atoms with Crippen LogP contribution in [0.1, 0.15) is 102 Å². The third-order valence-corrected chi connectivity index (χ3v) is 7.54. The van der Waals surface area contributed by atoms with Gasteiger partial charge in [-0.05, 0) is 66.6 Å². The van der Waals surface area contributed by atoms with E-state index in [1.54, 1.807) is 0 Å². The van der Waals surface area contributed by atoms with Crippen molar-refractivity contribution in [2.45, 2.75) is 102 Å². The highest BCUT2D eigenvalue weighted by molar-refractivity contribution is 5.07. The molecular weight excluding hydrogens is 276 g/mol. The third-order valence-electron chi connectivity index (χ3n) is 7.54. The van der Waals surface area contributed by atoms with Crippen molar-refractivity contribution < 1.29 is 0 Å². The van der Waals surface area contributed by atoms with Crippen LogP contribution in [-0.2, 0) is 0 Å². The fraction of sp³-hybridized carbons (Fsp3) is 0.913. The monoisotopic (exact) mass is 322 g/mol. The molecule has 0 N–H and O–H groups in total. The second kappa shape index (κ2) is 8.21. The molecule has 0 radical (unpaired) electrons. The van der Waals surface area contributed by atoms with E-state index in [1.807, 2.05) is 0 Å². The summed E-state index contributed by atoms with van der Waals surface area (Å²) >= 11 is 0. The zero-order chi connectivity index (χ0) is 18.6. The fourth-order valence-electron chi connectivity index (χ4n) is 3.45. The summed E-state index contributed by atoms with van der Waals surface area (Å²) in [6.45, 7) is 30.6. The van der Waals surface area contributed by atoms with Gasteiger partial charge in [-0.25, -0.2) is 0 Å². The average molecular weight is 323 g/mol. The van der Waals surface area contributed by atoms with Gasteiger partial charge >= 0.3 is 0 Å². The fourth-order valence-corrected chi connectivity index (χ4v) is 3.45. The lowest BCUT2D eigenvalue weighted by Gasteiger charge is -2.41. The van der Waals surface area contributed by atoms with Crippen molar-refractivity contribution in [2.24, 2.45) is 34.0 Å². The van der Waals surface area contributed by atoms with Crippen LogP contribution in [0.15, 0.2) is 12.2 Å². The number of rotatable bonds is 9. The van der Waals surface area contributed by atoms with Gasteiger partial charge in [0, 0.05) is 0 Å². The average Bonchev–Trinajstić information content (AvgIpc) is 2.42. The van der Waals surface area contributed by atoms with Gasteiger partial charge in [0.15, 0.2) is 0 Å². The Morgan fingerprint density at radius 2 is 1.35 bits per heavy atom. The molecule has 0 aliphatic heterocycles. The van der Waals surface area contributed by atoms with E-state index in [9.17, 15) is 0 Å². The molecule has 0 amide bonds. The van der Waals surface area contributed by atoms with E-state index in [0.717, 1.165) is 11.8 Å². The first-order valence-electron chi connectivity index (χ1n) is 9.84. The molecule has 0 aromatic carbocycles. The Kier molecular flexibility index (Phi) is 8.12. The van der Waals surface area contributed by atoms with Crippen LogP contribution in [0.4, 0.5) is 0 Å². The van der Waals surface area contributed by atoms with Crippen LogP contribution in [0.2, 0.25) is 0 Å². The molecule has 138 valence electrons. The Labute approximate surface area is 148 Å². The van der Waals surface area contributed by atoms with Gasteiger partial charge in [0.25, 0.3) is 0 Å². The Hall–Kier alpha value is -0.260. The summed E-state index contributed by atoms with van der Waals surface area (Å²) in [5.41, 5.74) is 2.47. The highest BCUT2D eigenvalue weighted by Crippen LogP contribution is 2.45. The normalized spacial score (nSPS) is 19.8. The Bertz CT molecular complexity index is 368. The second-order valence-electron chi connectivity index (χ2n) is 10.4. The van der Waals surface area contributed by atoms with E-state index in [-0.39, 0.29) is 5.41 Å². The van der Waals surface area contributed by atoms with Crippen LogP contribution in [0.3, 0.4) is 0 Å². The maximum absolute atomic E-state index is 4.28. The van der Waals surface area contributed by atoms with Crippen molar-refractivity contribution in [1.29, 1.82) is 0 Å². The minimum atomic E-state index is 0.281. The molecule has 0 aliphatic carbocycles. The van der Waals surface area contributed by atoms with Crippen molar-refractivity contribution in [3.63, 3.8) is 0 Å². The standard InChI is InChI=1S/C23H46/c1-13-23(12,17(2)3)20(6)16-19(5)22(10,11)15-14-18(4)21(7,8)9/h18-20H,2,13-16H2,1,3-12H3. The van der Waals surface area contributed by atoms with Crippen molar-refractivity contribution >= 4 is 0 Å². The van der Waals surface area contributed by atoms with Crippen LogP contribution >= 0.6 is 0 Å². The van der Waals surface area contributed by atoms with Gasteiger partial charge in [-0.3, -0.25) is 0 Å². The number of hydrogen-bond donors (Lipinski definition) is 0. The molecule has 0 aromatic heterocycles. The quantitative estimate of drug-likeness (QED) is 0.376. The summed E-state index contributed by atoms with van der Waals surface area (Å²) in [6.07, 6.45) is 5.15. The second-order valence-corrected chi connectivity index (χ2v) is 10.4. The number of allylic oxidation sites excluding steroid dienone is 1. The lowest BCUT2D eigenvalue weighted by Crippen LogP contribution is -2.32. The minimum absolute atomic E-state index is 0.281. The molecule has 0 heterocycles. The molecule has 0 saturated heterocycles. The molecule has 0 rings (SSSR count). The topological polar surface area (TPSA) is 0 Å². The third kappa shape index (κ3) is 6.28. The van der Waals surface area contributed by atoms with Gasteiger partial charge in [0.2, 0.25) is 0 Å². The van der Waals surface area contributed by atoms with Gasteiger partial charge in [-0.2, -0.15) is 0 Å². The SMILES string of the molecule is C=C(C)C(C)(CC)C(C)CC(C)C(C)(C)CCC(C)C(C)(C)C.